The van der Waals surface area contributed by atoms with Crippen molar-refractivity contribution in [2.45, 2.75) is 172 Å². The zero-order valence-electron chi connectivity index (χ0n) is 27.6. The van der Waals surface area contributed by atoms with Crippen molar-refractivity contribution in [2.24, 2.45) is 0 Å². The fourth-order valence-electron chi connectivity index (χ4n) is 5.56. The van der Waals surface area contributed by atoms with Crippen LogP contribution in [-0.2, 0) is 43.4 Å². The largest absolute Gasteiger partial charge is 0.462 e. The topological polar surface area (TPSA) is 199 Å². The predicted molar refractivity (Wildman–Crippen MR) is 168 cm³/mol. The number of unbranched alkanes of at least 4 members (excludes halogenated alkanes) is 12. The Morgan fingerprint density at radius 2 is 1.28 bits per heavy atom. The van der Waals surface area contributed by atoms with Crippen molar-refractivity contribution in [2.75, 3.05) is 19.0 Å². The van der Waals surface area contributed by atoms with Crippen LogP contribution < -0.4 is 0 Å². The minimum absolute atomic E-state index is 0.0252. The lowest BCUT2D eigenvalue weighted by Gasteiger charge is -2.40. The molecule has 270 valence electrons. The van der Waals surface area contributed by atoms with E-state index in [0.29, 0.717) is 12.8 Å². The van der Waals surface area contributed by atoms with Gasteiger partial charge in [0.15, 0.2) is 12.4 Å². The van der Waals surface area contributed by atoms with Crippen molar-refractivity contribution in [3.63, 3.8) is 0 Å². The van der Waals surface area contributed by atoms with Crippen LogP contribution in [0, 0.1) is 0 Å². The van der Waals surface area contributed by atoms with Gasteiger partial charge in [0.1, 0.15) is 36.8 Å². The summed E-state index contributed by atoms with van der Waals surface area (Å²) in [5.41, 5.74) is 0. The van der Waals surface area contributed by atoms with E-state index in [9.17, 15) is 33.3 Å². The lowest BCUT2D eigenvalue weighted by Crippen LogP contribution is -2.60. The van der Waals surface area contributed by atoms with Crippen LogP contribution in [-0.4, -0.2) is 108 Å². The molecule has 2 fully saturated rings. The number of carbonyl (C=O) groups excluding carboxylic acids is 2. The van der Waals surface area contributed by atoms with Crippen LogP contribution in [0.3, 0.4) is 0 Å². The number of esters is 2. The van der Waals surface area contributed by atoms with Gasteiger partial charge in [0.2, 0.25) is 0 Å². The van der Waals surface area contributed by atoms with E-state index in [2.05, 4.69) is 6.92 Å². The van der Waals surface area contributed by atoms with Crippen LogP contribution in [0.1, 0.15) is 123 Å². The van der Waals surface area contributed by atoms with Gasteiger partial charge in [-0.1, -0.05) is 90.9 Å². The summed E-state index contributed by atoms with van der Waals surface area (Å²) in [5, 5.41) is 30.6. The van der Waals surface area contributed by atoms with Gasteiger partial charge in [-0.15, -0.1) is 0 Å². The Hall–Kier alpha value is -1.39. The highest BCUT2D eigenvalue weighted by Crippen LogP contribution is 2.29. The van der Waals surface area contributed by atoms with E-state index < -0.39 is 71.2 Å². The molecule has 0 aromatic heterocycles. The van der Waals surface area contributed by atoms with Gasteiger partial charge < -0.3 is 39.0 Å². The number of hydrogen-bond donors (Lipinski definition) is 4. The van der Waals surface area contributed by atoms with Crippen LogP contribution in [0.25, 0.3) is 0 Å². The summed E-state index contributed by atoms with van der Waals surface area (Å²) in [7, 11) is -4.59. The van der Waals surface area contributed by atoms with Gasteiger partial charge in [-0.2, -0.15) is 8.42 Å². The Morgan fingerprint density at radius 3 is 1.83 bits per heavy atom. The molecular weight excluding hydrogens is 624 g/mol. The Bertz CT molecular complexity index is 962. The van der Waals surface area contributed by atoms with E-state index in [1.165, 1.54) is 57.8 Å². The fourth-order valence-corrected chi connectivity index (χ4v) is 6.25. The molecule has 0 saturated carbocycles. The quantitative estimate of drug-likeness (QED) is 0.0447. The first-order chi connectivity index (χ1) is 21.9. The van der Waals surface area contributed by atoms with Gasteiger partial charge in [-0.3, -0.25) is 14.1 Å². The number of aliphatic hydroxyl groups is 3. The van der Waals surface area contributed by atoms with E-state index in [-0.39, 0.29) is 31.7 Å². The van der Waals surface area contributed by atoms with Gasteiger partial charge in [0.25, 0.3) is 10.1 Å². The maximum absolute atomic E-state index is 12.6. The molecule has 0 aromatic rings. The van der Waals surface area contributed by atoms with Crippen LogP contribution >= 0.6 is 0 Å². The van der Waals surface area contributed by atoms with Crippen molar-refractivity contribution >= 4 is 22.1 Å². The van der Waals surface area contributed by atoms with Gasteiger partial charge in [-0.05, 0) is 19.3 Å². The molecule has 2 saturated heterocycles. The smallest absolute Gasteiger partial charge is 0.306 e. The van der Waals surface area contributed by atoms with Crippen LogP contribution in [0.4, 0.5) is 0 Å². The molecule has 2 heterocycles. The minimum atomic E-state index is -4.59. The molecule has 0 unspecified atom stereocenters. The molecule has 0 bridgehead atoms. The van der Waals surface area contributed by atoms with Crippen molar-refractivity contribution in [3.05, 3.63) is 0 Å². The van der Waals surface area contributed by atoms with Crippen molar-refractivity contribution < 1.29 is 61.6 Å². The molecule has 4 N–H and O–H groups in total. The molecule has 8 atom stereocenters. The Kier molecular flexibility index (Phi) is 19.8. The third kappa shape index (κ3) is 17.1. The Balaban J connectivity index is 1.77. The number of ether oxygens (including phenoxy) is 5. The summed E-state index contributed by atoms with van der Waals surface area (Å²) >= 11 is 0. The average molecular weight is 683 g/mol. The second kappa shape index (κ2) is 22.3. The molecule has 0 aliphatic carbocycles. The molecule has 14 heteroatoms. The summed E-state index contributed by atoms with van der Waals surface area (Å²) in [6, 6.07) is 0. The van der Waals surface area contributed by atoms with Gasteiger partial charge >= 0.3 is 11.9 Å². The molecule has 13 nitrogen and oxygen atoms in total. The van der Waals surface area contributed by atoms with E-state index in [1.807, 2.05) is 6.92 Å². The first-order valence-electron chi connectivity index (χ1n) is 17.2. The van der Waals surface area contributed by atoms with E-state index in [4.69, 9.17) is 28.2 Å². The molecular formula is C32H58O13S. The minimum Gasteiger partial charge on any atom is -0.462 e. The van der Waals surface area contributed by atoms with Crippen LogP contribution in [0.5, 0.6) is 0 Å². The summed E-state index contributed by atoms with van der Waals surface area (Å²) in [6.07, 6.45) is 7.29. The monoisotopic (exact) mass is 682 g/mol. The van der Waals surface area contributed by atoms with E-state index >= 15 is 0 Å². The number of carbonyl (C=O) groups is 2. The molecule has 2 rings (SSSR count). The second-order valence-electron chi connectivity index (χ2n) is 12.5. The number of hydrogen-bond acceptors (Lipinski definition) is 12. The Labute approximate surface area is 274 Å². The maximum atomic E-state index is 12.6. The Morgan fingerprint density at radius 1 is 0.696 bits per heavy atom. The van der Waals surface area contributed by atoms with Crippen LogP contribution in [0.2, 0.25) is 0 Å². The second-order valence-corrected chi connectivity index (χ2v) is 14.0. The number of aliphatic hydroxyl groups excluding tert-OH is 3. The summed E-state index contributed by atoms with van der Waals surface area (Å²) in [4.78, 5) is 24.9. The maximum Gasteiger partial charge on any atom is 0.306 e. The molecule has 46 heavy (non-hydrogen) atoms. The normalized spacial score (nSPS) is 26.9. The molecule has 0 amide bonds. The third-order valence-corrected chi connectivity index (χ3v) is 9.18. The SMILES string of the molecule is CCCCCCCCCCCCCCCC(=O)O[C@H](COC(=O)CC[C@@H]1O[C@H]1CC)CO[C@@H]1O[C@H](CS(=O)(=O)O)[C@@H](O)[C@H](O)[C@H]1O. The molecule has 2 aliphatic heterocycles. The highest BCUT2D eigenvalue weighted by atomic mass is 32.2. The van der Waals surface area contributed by atoms with Crippen molar-refractivity contribution in [1.82, 2.24) is 0 Å². The van der Waals surface area contributed by atoms with Crippen LogP contribution in [0.15, 0.2) is 0 Å². The summed E-state index contributed by atoms with van der Waals surface area (Å²) < 4.78 is 58.8. The van der Waals surface area contributed by atoms with Crippen molar-refractivity contribution in [3.8, 4) is 0 Å². The number of epoxide rings is 1. The lowest BCUT2D eigenvalue weighted by molar-refractivity contribution is -0.297. The van der Waals surface area contributed by atoms with E-state index in [1.54, 1.807) is 0 Å². The molecule has 2 aliphatic rings. The predicted octanol–water partition coefficient (Wildman–Crippen LogP) is 3.59. The fraction of sp³-hybridized carbons (Fsp3) is 0.938. The lowest BCUT2D eigenvalue weighted by atomic mass is 10.00. The standard InChI is InChI=1S/C32H58O13S/c1-3-5-6-7-8-9-10-11-12-13-14-15-16-17-28(34)43-23(20-41-27(33)19-18-25-24(4-2)44-25)21-42-32-31(37)30(36)29(35)26(45-32)22-46(38,39)40/h23-26,29-32,35-37H,3-22H2,1-2H3,(H,38,39,40)/t23-,24+,25+,26-,29-,30+,31-,32-/m1/s1. The van der Waals surface area contributed by atoms with Gasteiger partial charge in [0.05, 0.1) is 18.8 Å². The average Bonchev–Trinajstić information content (AvgIpc) is 3.78. The van der Waals surface area contributed by atoms with Gasteiger partial charge in [0, 0.05) is 12.8 Å². The van der Waals surface area contributed by atoms with Gasteiger partial charge in [-0.25, -0.2) is 0 Å². The van der Waals surface area contributed by atoms with E-state index in [0.717, 1.165) is 25.7 Å². The molecule has 0 aromatic carbocycles. The molecule has 0 radical (unpaired) electrons. The number of rotatable bonds is 26. The zero-order chi connectivity index (χ0) is 34.0. The third-order valence-electron chi connectivity index (χ3n) is 8.43. The summed E-state index contributed by atoms with van der Waals surface area (Å²) in [5.74, 6) is -2.07. The highest BCUT2D eigenvalue weighted by molar-refractivity contribution is 7.85. The first-order valence-corrected chi connectivity index (χ1v) is 18.8. The zero-order valence-corrected chi connectivity index (χ0v) is 28.4. The highest BCUT2D eigenvalue weighted by Gasteiger charge is 2.46. The van der Waals surface area contributed by atoms with Crippen molar-refractivity contribution in [1.29, 1.82) is 0 Å². The summed E-state index contributed by atoms with van der Waals surface area (Å²) in [6.45, 7) is 3.46. The molecule has 0 spiro atoms. The first kappa shape index (κ1) is 40.8.